The normalized spacial score (nSPS) is 13.5. The molecule has 2 nitrogen and oxygen atoms in total. The third-order valence-corrected chi connectivity index (χ3v) is 2.13. The molecule has 1 aromatic rings. The second-order valence-electron chi connectivity index (χ2n) is 3.54. The van der Waals surface area contributed by atoms with Crippen molar-refractivity contribution in [1.29, 1.82) is 0 Å². The molecular formula is C11H12F4O2. The van der Waals surface area contributed by atoms with Gasteiger partial charge in [0.15, 0.2) is 11.6 Å². The van der Waals surface area contributed by atoms with Gasteiger partial charge in [0.25, 0.3) is 0 Å². The summed E-state index contributed by atoms with van der Waals surface area (Å²) in [5, 5.41) is 9.54. The maximum atomic E-state index is 13.2. The van der Waals surface area contributed by atoms with Gasteiger partial charge < -0.3 is 9.84 Å². The molecule has 0 aromatic heterocycles. The highest BCUT2D eigenvalue weighted by Gasteiger charge is 2.32. The van der Waals surface area contributed by atoms with E-state index >= 15 is 0 Å². The van der Waals surface area contributed by atoms with Crippen molar-refractivity contribution in [1.82, 2.24) is 0 Å². The molecule has 0 aliphatic rings. The third kappa shape index (κ3) is 4.22. The molecule has 0 aliphatic carbocycles. The highest BCUT2D eigenvalue weighted by Crippen LogP contribution is 2.28. The first-order valence-corrected chi connectivity index (χ1v) is 5.06. The van der Waals surface area contributed by atoms with Crippen molar-refractivity contribution in [2.75, 3.05) is 0 Å². The lowest BCUT2D eigenvalue weighted by molar-refractivity contribution is -0.275. The second kappa shape index (κ2) is 5.35. The second-order valence-corrected chi connectivity index (χ2v) is 3.54. The highest BCUT2D eigenvalue weighted by molar-refractivity contribution is 5.30. The van der Waals surface area contributed by atoms with E-state index in [1.165, 1.54) is 6.07 Å². The van der Waals surface area contributed by atoms with Crippen molar-refractivity contribution >= 4 is 0 Å². The summed E-state index contributed by atoms with van der Waals surface area (Å²) in [5.41, 5.74) is 0.235. The standard InChI is InChI=1S/C11H12F4O2/c1-2-3-9(16)7-4-5-10(8(12)6-7)17-11(13,14)15/h4-6,9,16H,2-3H2,1H3. The van der Waals surface area contributed by atoms with E-state index in [1.807, 2.05) is 6.92 Å². The van der Waals surface area contributed by atoms with Crippen molar-refractivity contribution in [3.63, 3.8) is 0 Å². The fraction of sp³-hybridized carbons (Fsp3) is 0.455. The zero-order valence-electron chi connectivity index (χ0n) is 9.09. The fourth-order valence-electron chi connectivity index (χ4n) is 1.37. The fourth-order valence-corrected chi connectivity index (χ4v) is 1.37. The van der Waals surface area contributed by atoms with Gasteiger partial charge in [-0.1, -0.05) is 19.4 Å². The quantitative estimate of drug-likeness (QED) is 0.830. The molecule has 0 heterocycles. The molecule has 0 spiro atoms. The van der Waals surface area contributed by atoms with Gasteiger partial charge in [-0.3, -0.25) is 0 Å². The van der Waals surface area contributed by atoms with Crippen LogP contribution < -0.4 is 4.74 Å². The molecule has 0 aliphatic heterocycles. The number of benzene rings is 1. The average molecular weight is 252 g/mol. The molecule has 1 rings (SSSR count). The number of alkyl halides is 3. The topological polar surface area (TPSA) is 29.5 Å². The molecule has 0 saturated heterocycles. The minimum absolute atomic E-state index is 0.235. The molecule has 17 heavy (non-hydrogen) atoms. The van der Waals surface area contributed by atoms with Crippen LogP contribution in [0.1, 0.15) is 31.4 Å². The van der Waals surface area contributed by atoms with Gasteiger partial charge >= 0.3 is 6.36 Å². The Balaban J connectivity index is 2.86. The number of ether oxygens (including phenoxy) is 1. The van der Waals surface area contributed by atoms with Gasteiger partial charge in [0.1, 0.15) is 0 Å². The van der Waals surface area contributed by atoms with Crippen LogP contribution in [0.15, 0.2) is 18.2 Å². The third-order valence-electron chi connectivity index (χ3n) is 2.13. The zero-order valence-corrected chi connectivity index (χ0v) is 9.09. The summed E-state index contributed by atoms with van der Waals surface area (Å²) in [4.78, 5) is 0. The van der Waals surface area contributed by atoms with E-state index in [1.54, 1.807) is 0 Å². The van der Waals surface area contributed by atoms with Gasteiger partial charge in [-0.2, -0.15) is 0 Å². The van der Waals surface area contributed by atoms with Crippen LogP contribution in [0, 0.1) is 5.82 Å². The van der Waals surface area contributed by atoms with Gasteiger partial charge in [0, 0.05) is 0 Å². The number of halogens is 4. The van der Waals surface area contributed by atoms with E-state index in [0.29, 0.717) is 12.8 Å². The van der Waals surface area contributed by atoms with Gasteiger partial charge in [-0.25, -0.2) is 4.39 Å². The van der Waals surface area contributed by atoms with Gasteiger partial charge in [0.2, 0.25) is 0 Å². The summed E-state index contributed by atoms with van der Waals surface area (Å²) in [5.74, 6) is -2.04. The van der Waals surface area contributed by atoms with Crippen LogP contribution in [0.4, 0.5) is 17.6 Å². The monoisotopic (exact) mass is 252 g/mol. The molecule has 0 radical (unpaired) electrons. The summed E-state index contributed by atoms with van der Waals surface area (Å²) in [7, 11) is 0. The largest absolute Gasteiger partial charge is 0.573 e. The summed E-state index contributed by atoms with van der Waals surface area (Å²) in [6.45, 7) is 1.83. The van der Waals surface area contributed by atoms with Crippen LogP contribution in [-0.4, -0.2) is 11.5 Å². The number of aliphatic hydroxyl groups excluding tert-OH is 1. The van der Waals surface area contributed by atoms with Crippen LogP contribution in [-0.2, 0) is 0 Å². The van der Waals surface area contributed by atoms with E-state index in [9.17, 15) is 22.7 Å². The first kappa shape index (κ1) is 13.8. The number of hydrogen-bond donors (Lipinski definition) is 1. The van der Waals surface area contributed by atoms with Crippen LogP contribution >= 0.6 is 0 Å². The van der Waals surface area contributed by atoms with Crippen LogP contribution in [0.25, 0.3) is 0 Å². The van der Waals surface area contributed by atoms with E-state index in [-0.39, 0.29) is 5.56 Å². The number of rotatable bonds is 4. The van der Waals surface area contributed by atoms with Gasteiger partial charge in [0.05, 0.1) is 6.10 Å². The lowest BCUT2D eigenvalue weighted by atomic mass is 10.1. The Hall–Kier alpha value is -1.30. The smallest absolute Gasteiger partial charge is 0.403 e. The Morgan fingerprint density at radius 2 is 2.00 bits per heavy atom. The van der Waals surface area contributed by atoms with Gasteiger partial charge in [-0.05, 0) is 24.1 Å². The van der Waals surface area contributed by atoms with Crippen molar-refractivity contribution in [3.8, 4) is 5.75 Å². The number of hydrogen-bond acceptors (Lipinski definition) is 2. The molecule has 1 aromatic carbocycles. The summed E-state index contributed by atoms with van der Waals surface area (Å²) < 4.78 is 52.3. The van der Waals surface area contributed by atoms with Crippen LogP contribution in [0.2, 0.25) is 0 Å². The lowest BCUT2D eigenvalue weighted by Gasteiger charge is -2.13. The SMILES string of the molecule is CCCC(O)c1ccc(OC(F)(F)F)c(F)c1. The summed E-state index contributed by atoms with van der Waals surface area (Å²) in [6, 6.07) is 2.92. The maximum absolute atomic E-state index is 13.2. The van der Waals surface area contributed by atoms with Crippen molar-refractivity contribution in [2.24, 2.45) is 0 Å². The van der Waals surface area contributed by atoms with Crippen molar-refractivity contribution in [3.05, 3.63) is 29.6 Å². The molecule has 0 amide bonds. The van der Waals surface area contributed by atoms with Crippen LogP contribution in [0.5, 0.6) is 5.75 Å². The molecule has 0 fully saturated rings. The first-order chi connectivity index (χ1) is 7.83. The first-order valence-electron chi connectivity index (χ1n) is 5.06. The lowest BCUT2D eigenvalue weighted by Crippen LogP contribution is -2.18. The minimum atomic E-state index is -4.93. The molecule has 1 N–H and O–H groups in total. The van der Waals surface area contributed by atoms with Gasteiger partial charge in [-0.15, -0.1) is 13.2 Å². The Morgan fingerprint density at radius 3 is 2.47 bits per heavy atom. The zero-order chi connectivity index (χ0) is 13.1. The van der Waals surface area contributed by atoms with E-state index in [2.05, 4.69) is 4.74 Å². The Labute approximate surface area is 95.8 Å². The molecule has 1 atom stereocenters. The minimum Gasteiger partial charge on any atom is -0.403 e. The van der Waals surface area contributed by atoms with Crippen molar-refractivity contribution < 1.29 is 27.4 Å². The predicted molar refractivity (Wildman–Crippen MR) is 53.0 cm³/mol. The van der Waals surface area contributed by atoms with E-state index < -0.39 is 24.0 Å². The summed E-state index contributed by atoms with van der Waals surface area (Å²) in [6.07, 6.45) is -4.71. The van der Waals surface area contributed by atoms with E-state index in [0.717, 1.165) is 12.1 Å². The molecule has 6 heteroatoms. The Kier molecular flexibility index (Phi) is 4.34. The Morgan fingerprint density at radius 1 is 1.35 bits per heavy atom. The average Bonchev–Trinajstić information content (AvgIpc) is 2.19. The maximum Gasteiger partial charge on any atom is 0.573 e. The molecular weight excluding hydrogens is 240 g/mol. The van der Waals surface area contributed by atoms with Crippen molar-refractivity contribution in [2.45, 2.75) is 32.2 Å². The molecule has 96 valence electrons. The Bertz CT molecular complexity index is 376. The molecule has 0 bridgehead atoms. The predicted octanol–water partition coefficient (Wildman–Crippen LogP) is 3.56. The highest BCUT2D eigenvalue weighted by atomic mass is 19.4. The van der Waals surface area contributed by atoms with E-state index in [4.69, 9.17) is 0 Å². The molecule has 0 saturated carbocycles. The van der Waals surface area contributed by atoms with Crippen LogP contribution in [0.3, 0.4) is 0 Å². The summed E-state index contributed by atoms with van der Waals surface area (Å²) >= 11 is 0. The number of aliphatic hydroxyl groups is 1. The molecule has 1 unspecified atom stereocenters.